The number of benzene rings is 1. The second-order valence-corrected chi connectivity index (χ2v) is 4.65. The smallest absolute Gasteiger partial charge is 0.296 e. The summed E-state index contributed by atoms with van der Waals surface area (Å²) >= 11 is 0. The molecule has 0 spiro atoms. The predicted molar refractivity (Wildman–Crippen MR) is 65.7 cm³/mol. The third-order valence-electron chi connectivity index (χ3n) is 2.08. The number of nitriles is 2. The standard InChI is InChI=1S/C11H9N3O4S/c1-18-9-2-3-11(19(15,16)17)10(4-9)14-7-8(5-12)6-13/h2-4,7,14H,1H3,(H,15,16,17). The Kier molecular flexibility index (Phi) is 4.48. The van der Waals surface area contributed by atoms with Gasteiger partial charge in [0.05, 0.1) is 12.8 Å². The van der Waals surface area contributed by atoms with Gasteiger partial charge in [-0.15, -0.1) is 0 Å². The van der Waals surface area contributed by atoms with E-state index < -0.39 is 10.1 Å². The molecule has 1 rings (SSSR count). The second-order valence-electron chi connectivity index (χ2n) is 3.26. The van der Waals surface area contributed by atoms with Crippen LogP contribution >= 0.6 is 0 Å². The fourth-order valence-electron chi connectivity index (χ4n) is 1.21. The molecule has 0 aliphatic rings. The molecule has 7 nitrogen and oxygen atoms in total. The van der Waals surface area contributed by atoms with Gasteiger partial charge in [-0.25, -0.2) is 0 Å². The van der Waals surface area contributed by atoms with Crippen LogP contribution < -0.4 is 10.1 Å². The number of rotatable bonds is 4. The molecular weight excluding hydrogens is 270 g/mol. The highest BCUT2D eigenvalue weighted by Crippen LogP contribution is 2.26. The number of nitrogens with one attached hydrogen (secondary N) is 1. The quantitative estimate of drug-likeness (QED) is 0.628. The highest BCUT2D eigenvalue weighted by atomic mass is 32.2. The molecule has 0 atom stereocenters. The van der Waals surface area contributed by atoms with Crippen molar-refractivity contribution in [2.75, 3.05) is 12.4 Å². The molecule has 0 fully saturated rings. The topological polar surface area (TPSA) is 123 Å². The zero-order chi connectivity index (χ0) is 14.5. The summed E-state index contributed by atoms with van der Waals surface area (Å²) < 4.78 is 36.3. The first kappa shape index (κ1) is 14.5. The number of nitrogens with zero attached hydrogens (tertiary/aromatic N) is 2. The molecule has 0 bridgehead atoms. The van der Waals surface area contributed by atoms with Crippen LogP contribution in [0.15, 0.2) is 34.9 Å². The van der Waals surface area contributed by atoms with E-state index in [-0.39, 0.29) is 16.2 Å². The van der Waals surface area contributed by atoms with Crippen molar-refractivity contribution in [3.63, 3.8) is 0 Å². The molecule has 0 saturated heterocycles. The Labute approximate surface area is 110 Å². The Hall–Kier alpha value is -2.55. The lowest BCUT2D eigenvalue weighted by molar-refractivity contribution is 0.414. The Morgan fingerprint density at radius 3 is 2.53 bits per heavy atom. The van der Waals surface area contributed by atoms with Crippen LogP contribution in [-0.4, -0.2) is 20.1 Å². The van der Waals surface area contributed by atoms with Crippen molar-refractivity contribution in [3.05, 3.63) is 30.0 Å². The van der Waals surface area contributed by atoms with Crippen molar-refractivity contribution in [3.8, 4) is 17.9 Å². The number of allylic oxidation sites excluding steroid dienone is 1. The van der Waals surface area contributed by atoms with E-state index in [1.54, 1.807) is 12.1 Å². The molecule has 0 aliphatic carbocycles. The third-order valence-corrected chi connectivity index (χ3v) is 2.99. The average molecular weight is 279 g/mol. The van der Waals surface area contributed by atoms with E-state index in [9.17, 15) is 8.42 Å². The molecule has 0 amide bonds. The minimum Gasteiger partial charge on any atom is -0.497 e. The molecule has 0 aromatic heterocycles. The summed E-state index contributed by atoms with van der Waals surface area (Å²) in [6.45, 7) is 0. The summed E-state index contributed by atoms with van der Waals surface area (Å²) in [5, 5.41) is 19.6. The lowest BCUT2D eigenvalue weighted by atomic mass is 10.3. The van der Waals surface area contributed by atoms with Gasteiger partial charge in [-0.05, 0) is 12.1 Å². The van der Waals surface area contributed by atoms with Crippen LogP contribution in [0.25, 0.3) is 0 Å². The van der Waals surface area contributed by atoms with Crippen LogP contribution in [0.5, 0.6) is 5.75 Å². The van der Waals surface area contributed by atoms with Gasteiger partial charge in [-0.1, -0.05) is 0 Å². The number of methoxy groups -OCH3 is 1. The van der Waals surface area contributed by atoms with Crippen LogP contribution in [0.3, 0.4) is 0 Å². The highest BCUT2D eigenvalue weighted by molar-refractivity contribution is 7.86. The molecule has 19 heavy (non-hydrogen) atoms. The average Bonchev–Trinajstić information content (AvgIpc) is 2.38. The summed E-state index contributed by atoms with van der Waals surface area (Å²) in [6, 6.07) is 7.01. The van der Waals surface area contributed by atoms with Gasteiger partial charge in [0, 0.05) is 12.3 Å². The van der Waals surface area contributed by atoms with Crippen LogP contribution in [0, 0.1) is 22.7 Å². The Morgan fingerprint density at radius 2 is 2.05 bits per heavy atom. The number of anilines is 1. The monoisotopic (exact) mass is 279 g/mol. The Morgan fingerprint density at radius 1 is 1.42 bits per heavy atom. The maximum atomic E-state index is 11.2. The van der Waals surface area contributed by atoms with Crippen LogP contribution in [0.4, 0.5) is 5.69 Å². The van der Waals surface area contributed by atoms with Crippen molar-refractivity contribution in [2.24, 2.45) is 0 Å². The summed E-state index contributed by atoms with van der Waals surface area (Å²) in [5.74, 6) is 0.346. The normalized spacial score (nSPS) is 9.89. The van der Waals surface area contributed by atoms with Gasteiger partial charge < -0.3 is 10.1 Å². The van der Waals surface area contributed by atoms with E-state index in [0.29, 0.717) is 5.75 Å². The largest absolute Gasteiger partial charge is 0.497 e. The number of ether oxygens (including phenoxy) is 1. The van der Waals surface area contributed by atoms with E-state index in [4.69, 9.17) is 19.8 Å². The maximum Gasteiger partial charge on any atom is 0.296 e. The van der Waals surface area contributed by atoms with Crippen molar-refractivity contribution >= 4 is 15.8 Å². The number of hydrogen-bond donors (Lipinski definition) is 2. The molecule has 0 aliphatic heterocycles. The zero-order valence-corrected chi connectivity index (χ0v) is 10.6. The van der Waals surface area contributed by atoms with Crippen LogP contribution in [-0.2, 0) is 10.1 Å². The van der Waals surface area contributed by atoms with E-state index in [1.807, 2.05) is 0 Å². The highest BCUT2D eigenvalue weighted by Gasteiger charge is 2.15. The van der Waals surface area contributed by atoms with Gasteiger partial charge in [0.25, 0.3) is 10.1 Å². The third kappa shape index (κ3) is 3.71. The maximum absolute atomic E-state index is 11.2. The van der Waals surface area contributed by atoms with Crippen molar-refractivity contribution in [1.29, 1.82) is 10.5 Å². The van der Waals surface area contributed by atoms with Gasteiger partial charge in [-0.2, -0.15) is 18.9 Å². The van der Waals surface area contributed by atoms with Crippen molar-refractivity contribution < 1.29 is 17.7 Å². The second kappa shape index (κ2) is 5.87. The predicted octanol–water partition coefficient (Wildman–Crippen LogP) is 1.28. The zero-order valence-electron chi connectivity index (χ0n) is 9.78. The van der Waals surface area contributed by atoms with Crippen molar-refractivity contribution in [1.82, 2.24) is 0 Å². The summed E-state index contributed by atoms with van der Waals surface area (Å²) in [6.07, 6.45) is 1.03. The van der Waals surface area contributed by atoms with Crippen LogP contribution in [0.2, 0.25) is 0 Å². The van der Waals surface area contributed by atoms with E-state index in [2.05, 4.69) is 5.32 Å². The Balaban J connectivity index is 3.29. The SMILES string of the molecule is COc1ccc(S(=O)(=O)O)c(NC=C(C#N)C#N)c1. The minimum absolute atomic E-state index is 0.00940. The van der Waals surface area contributed by atoms with Gasteiger partial charge in [-0.3, -0.25) is 4.55 Å². The van der Waals surface area contributed by atoms with E-state index in [1.165, 1.54) is 19.2 Å². The first-order chi connectivity index (χ1) is 8.92. The molecule has 2 N–H and O–H groups in total. The summed E-state index contributed by atoms with van der Waals surface area (Å²) in [7, 11) is -3.05. The Bertz CT molecular complexity index is 680. The van der Waals surface area contributed by atoms with Crippen molar-refractivity contribution in [2.45, 2.75) is 4.90 Å². The lowest BCUT2D eigenvalue weighted by Crippen LogP contribution is -2.03. The first-order valence-corrected chi connectivity index (χ1v) is 6.29. The fourth-order valence-corrected chi connectivity index (χ4v) is 1.85. The molecule has 1 aromatic rings. The molecule has 98 valence electrons. The molecule has 0 heterocycles. The van der Waals surface area contributed by atoms with Gasteiger partial charge in [0.15, 0.2) is 0 Å². The molecule has 8 heteroatoms. The first-order valence-electron chi connectivity index (χ1n) is 4.85. The molecule has 1 aromatic carbocycles. The van der Waals surface area contributed by atoms with Crippen LogP contribution in [0.1, 0.15) is 0 Å². The molecule has 0 unspecified atom stereocenters. The summed E-state index contributed by atoms with van der Waals surface area (Å²) in [4.78, 5) is -0.389. The van der Waals surface area contributed by atoms with E-state index in [0.717, 1.165) is 12.3 Å². The molecular formula is C11H9N3O4S. The summed E-state index contributed by atoms with van der Waals surface area (Å²) in [5.41, 5.74) is -0.256. The molecule has 0 saturated carbocycles. The number of hydrogen-bond acceptors (Lipinski definition) is 6. The van der Waals surface area contributed by atoms with E-state index >= 15 is 0 Å². The lowest BCUT2D eigenvalue weighted by Gasteiger charge is -2.08. The van der Waals surface area contributed by atoms with Gasteiger partial charge in [0.2, 0.25) is 0 Å². The van der Waals surface area contributed by atoms with Gasteiger partial charge >= 0.3 is 0 Å². The molecule has 0 radical (unpaired) electrons. The minimum atomic E-state index is -4.43. The van der Waals surface area contributed by atoms with Gasteiger partial charge in [0.1, 0.15) is 28.4 Å². The fraction of sp³-hybridized carbons (Fsp3) is 0.0909.